The maximum absolute atomic E-state index is 12.8. The van der Waals surface area contributed by atoms with Gasteiger partial charge in [-0.25, -0.2) is 10.4 Å². The first-order valence-electron chi connectivity index (χ1n) is 9.20. The first-order chi connectivity index (χ1) is 13.4. The fraction of sp³-hybridized carbons (Fsp3) is 0.611. The van der Waals surface area contributed by atoms with Gasteiger partial charge in [-0.05, 0) is 30.5 Å². The molecule has 2 aliphatic rings. The summed E-state index contributed by atoms with van der Waals surface area (Å²) in [4.78, 5) is 12.4. The lowest BCUT2D eigenvalue weighted by Crippen LogP contribution is -2.66. The number of amides is 1. The van der Waals surface area contributed by atoms with E-state index in [0.717, 1.165) is 12.1 Å². The van der Waals surface area contributed by atoms with Gasteiger partial charge in [0.05, 0.1) is 24.2 Å². The molecule has 3 rings (SSSR count). The summed E-state index contributed by atoms with van der Waals surface area (Å²) in [6.07, 6.45) is -10.3. The van der Waals surface area contributed by atoms with Gasteiger partial charge in [0.25, 0.3) is 0 Å². The highest BCUT2D eigenvalue weighted by molar-refractivity contribution is 5.84. The van der Waals surface area contributed by atoms with Crippen LogP contribution in [0, 0.1) is 0 Å². The third-order valence-electron chi connectivity index (χ3n) is 5.39. The molecular formula is C18H22F6N4O. The molecule has 162 valence electrons. The summed E-state index contributed by atoms with van der Waals surface area (Å²) in [6, 6.07) is 2.84. The van der Waals surface area contributed by atoms with Crippen molar-refractivity contribution in [3.8, 4) is 0 Å². The third kappa shape index (κ3) is 4.84. The minimum Gasteiger partial charge on any atom is -0.340 e. The van der Waals surface area contributed by atoms with Crippen LogP contribution in [0.3, 0.4) is 0 Å². The molecule has 5 nitrogen and oxygen atoms in total. The number of alkyl halides is 6. The minimum atomic E-state index is -4.45. The predicted octanol–water partition coefficient (Wildman–Crippen LogP) is 2.75. The summed E-state index contributed by atoms with van der Waals surface area (Å²) in [6.45, 7) is 3.07. The standard InChI is InChI=1S/C18H22F6N4O/c1-9(11-3-5-12(6-4-11)18(22,23)24)13-14-15(16(29)26-10(2)25-14)28(27-13)8-7-17(19,20)21/h3-6,9-10,13-15,25,27H,7-8H2,1-2H3,(H,26,29)/t9-,10?,13?,14?,15?/m0/s1. The number of carbonyl (C=O) groups is 1. The second-order valence-corrected chi connectivity index (χ2v) is 7.49. The molecule has 3 N–H and O–H groups in total. The molecule has 1 aromatic carbocycles. The summed E-state index contributed by atoms with van der Waals surface area (Å²) in [5.74, 6) is -0.746. The van der Waals surface area contributed by atoms with E-state index >= 15 is 0 Å². The summed E-state index contributed by atoms with van der Waals surface area (Å²) < 4.78 is 76.4. The van der Waals surface area contributed by atoms with Gasteiger partial charge in [-0.2, -0.15) is 26.3 Å². The van der Waals surface area contributed by atoms with Crippen LogP contribution in [0.5, 0.6) is 0 Å². The van der Waals surface area contributed by atoms with E-state index in [2.05, 4.69) is 16.1 Å². The van der Waals surface area contributed by atoms with Crippen molar-refractivity contribution in [2.24, 2.45) is 0 Å². The Morgan fingerprint density at radius 2 is 1.72 bits per heavy atom. The number of benzene rings is 1. The Kier molecular flexibility index (Phi) is 5.85. The van der Waals surface area contributed by atoms with Gasteiger partial charge in [0.15, 0.2) is 0 Å². The molecule has 2 heterocycles. The van der Waals surface area contributed by atoms with E-state index in [1.54, 1.807) is 13.8 Å². The molecule has 4 unspecified atom stereocenters. The van der Waals surface area contributed by atoms with Gasteiger partial charge in [0.1, 0.15) is 6.04 Å². The third-order valence-corrected chi connectivity index (χ3v) is 5.39. The SMILES string of the molecule is CC1NC(=O)C2C(N1)C([C@@H](C)c1ccc(C(F)(F)F)cc1)NN2CCC(F)(F)F. The Morgan fingerprint density at radius 3 is 2.28 bits per heavy atom. The maximum atomic E-state index is 12.8. The fourth-order valence-corrected chi connectivity index (χ4v) is 3.93. The molecule has 0 aromatic heterocycles. The Balaban J connectivity index is 1.82. The smallest absolute Gasteiger partial charge is 0.340 e. The lowest BCUT2D eigenvalue weighted by Gasteiger charge is -2.36. The van der Waals surface area contributed by atoms with Gasteiger partial charge in [-0.3, -0.25) is 10.1 Å². The van der Waals surface area contributed by atoms with Gasteiger partial charge in [-0.1, -0.05) is 19.1 Å². The van der Waals surface area contributed by atoms with Crippen molar-refractivity contribution in [3.63, 3.8) is 0 Å². The molecule has 2 saturated heterocycles. The molecule has 2 fully saturated rings. The van der Waals surface area contributed by atoms with E-state index in [0.29, 0.717) is 5.56 Å². The largest absolute Gasteiger partial charge is 0.416 e. The Bertz CT molecular complexity index is 735. The zero-order chi connectivity index (χ0) is 21.6. The van der Waals surface area contributed by atoms with E-state index in [4.69, 9.17) is 0 Å². The van der Waals surface area contributed by atoms with Crippen molar-refractivity contribution in [2.75, 3.05) is 6.54 Å². The molecule has 0 aliphatic carbocycles. The number of rotatable bonds is 4. The Morgan fingerprint density at radius 1 is 1.10 bits per heavy atom. The van der Waals surface area contributed by atoms with E-state index in [-0.39, 0.29) is 12.1 Å². The van der Waals surface area contributed by atoms with E-state index in [1.165, 1.54) is 17.1 Å². The van der Waals surface area contributed by atoms with Crippen molar-refractivity contribution in [1.29, 1.82) is 0 Å². The molecule has 1 aromatic rings. The molecule has 0 radical (unpaired) electrons. The molecule has 1 amide bonds. The lowest BCUT2D eigenvalue weighted by molar-refractivity contribution is -0.144. The average molecular weight is 424 g/mol. The van der Waals surface area contributed by atoms with Gasteiger partial charge >= 0.3 is 12.4 Å². The molecule has 2 aliphatic heterocycles. The Labute approximate surface area is 163 Å². The number of halogens is 6. The number of nitrogens with one attached hydrogen (secondary N) is 3. The quantitative estimate of drug-likeness (QED) is 0.651. The van der Waals surface area contributed by atoms with Crippen LogP contribution in [-0.4, -0.2) is 47.9 Å². The van der Waals surface area contributed by atoms with Gasteiger partial charge in [0.2, 0.25) is 5.91 Å². The Hall–Kier alpha value is -1.85. The normalized spacial score (nSPS) is 29.4. The molecule has 0 bridgehead atoms. The van der Waals surface area contributed by atoms with Crippen LogP contribution >= 0.6 is 0 Å². The first kappa shape index (κ1) is 21.8. The predicted molar refractivity (Wildman–Crippen MR) is 92.5 cm³/mol. The van der Waals surface area contributed by atoms with E-state index < -0.39 is 54.9 Å². The summed E-state index contributed by atoms with van der Waals surface area (Å²) >= 11 is 0. The van der Waals surface area contributed by atoms with Crippen molar-refractivity contribution in [2.45, 2.75) is 62.8 Å². The maximum Gasteiger partial charge on any atom is 0.416 e. The van der Waals surface area contributed by atoms with Crippen molar-refractivity contribution in [1.82, 2.24) is 21.1 Å². The second-order valence-electron chi connectivity index (χ2n) is 7.49. The zero-order valence-corrected chi connectivity index (χ0v) is 15.7. The second kappa shape index (κ2) is 7.77. The molecule has 29 heavy (non-hydrogen) atoms. The number of hydrogen-bond donors (Lipinski definition) is 3. The van der Waals surface area contributed by atoms with Crippen LogP contribution in [0.1, 0.15) is 37.3 Å². The van der Waals surface area contributed by atoms with Crippen LogP contribution in [-0.2, 0) is 11.0 Å². The van der Waals surface area contributed by atoms with Crippen molar-refractivity contribution >= 4 is 5.91 Å². The fourth-order valence-electron chi connectivity index (χ4n) is 3.93. The number of hydrazine groups is 1. The number of carbonyl (C=O) groups excluding carboxylic acids is 1. The summed E-state index contributed by atoms with van der Waals surface area (Å²) in [5, 5.41) is 7.11. The highest BCUT2D eigenvalue weighted by atomic mass is 19.4. The lowest BCUT2D eigenvalue weighted by atomic mass is 9.86. The molecule has 0 spiro atoms. The van der Waals surface area contributed by atoms with Gasteiger partial charge in [0, 0.05) is 12.6 Å². The molecule has 0 saturated carbocycles. The number of nitrogens with zero attached hydrogens (tertiary/aromatic N) is 1. The molecule has 5 atom stereocenters. The highest BCUT2D eigenvalue weighted by Crippen LogP contribution is 2.34. The van der Waals surface area contributed by atoms with Crippen LogP contribution in [0.4, 0.5) is 26.3 Å². The topological polar surface area (TPSA) is 56.4 Å². The number of hydrogen-bond acceptors (Lipinski definition) is 4. The zero-order valence-electron chi connectivity index (χ0n) is 15.7. The van der Waals surface area contributed by atoms with Crippen LogP contribution in [0.2, 0.25) is 0 Å². The first-order valence-corrected chi connectivity index (χ1v) is 9.20. The number of fused-ring (bicyclic) bond motifs is 1. The monoisotopic (exact) mass is 424 g/mol. The average Bonchev–Trinajstić information content (AvgIpc) is 2.97. The summed E-state index contributed by atoms with van der Waals surface area (Å²) in [5.41, 5.74) is 2.80. The molecule has 11 heteroatoms. The summed E-state index contributed by atoms with van der Waals surface area (Å²) in [7, 11) is 0. The van der Waals surface area contributed by atoms with Gasteiger partial charge < -0.3 is 5.32 Å². The van der Waals surface area contributed by atoms with Crippen molar-refractivity contribution in [3.05, 3.63) is 35.4 Å². The van der Waals surface area contributed by atoms with E-state index in [9.17, 15) is 31.1 Å². The van der Waals surface area contributed by atoms with Crippen LogP contribution in [0.15, 0.2) is 24.3 Å². The van der Waals surface area contributed by atoms with Crippen LogP contribution in [0.25, 0.3) is 0 Å². The highest BCUT2D eigenvalue weighted by Gasteiger charge is 2.51. The van der Waals surface area contributed by atoms with E-state index in [1.807, 2.05) is 0 Å². The minimum absolute atomic E-state index is 0.355. The van der Waals surface area contributed by atoms with Crippen molar-refractivity contribution < 1.29 is 31.1 Å². The van der Waals surface area contributed by atoms with Crippen LogP contribution < -0.4 is 16.1 Å². The molecular weight excluding hydrogens is 402 g/mol. The van der Waals surface area contributed by atoms with Gasteiger partial charge in [-0.15, -0.1) is 0 Å².